The summed E-state index contributed by atoms with van der Waals surface area (Å²) >= 11 is 0. The second-order valence-electron chi connectivity index (χ2n) is 2.18. The van der Waals surface area contributed by atoms with Crippen LogP contribution in [0.5, 0.6) is 0 Å². The molecular formula is C9H16O2. The summed E-state index contributed by atoms with van der Waals surface area (Å²) < 4.78 is 10.1. The first kappa shape index (κ1) is 10.1. The molecule has 0 saturated carbocycles. The molecule has 0 rings (SSSR count). The Labute approximate surface area is 68.5 Å². The fourth-order valence-electron chi connectivity index (χ4n) is 0.754. The molecule has 0 aromatic carbocycles. The van der Waals surface area contributed by atoms with Crippen molar-refractivity contribution in [3.8, 4) is 0 Å². The van der Waals surface area contributed by atoms with Crippen LogP contribution >= 0.6 is 0 Å². The van der Waals surface area contributed by atoms with E-state index in [0.29, 0.717) is 0 Å². The summed E-state index contributed by atoms with van der Waals surface area (Å²) in [7, 11) is 0. The van der Waals surface area contributed by atoms with Gasteiger partial charge in [0, 0.05) is 6.42 Å². The summed E-state index contributed by atoms with van der Waals surface area (Å²) in [6.45, 7) is 9.03. The maximum atomic E-state index is 5.05. The number of hydrogen-bond donors (Lipinski definition) is 0. The van der Waals surface area contributed by atoms with Crippen molar-refractivity contribution in [1.82, 2.24) is 0 Å². The minimum Gasteiger partial charge on any atom is -0.463 e. The second kappa shape index (κ2) is 7.19. The van der Waals surface area contributed by atoms with Crippen LogP contribution in [0.2, 0.25) is 0 Å². The van der Waals surface area contributed by atoms with E-state index in [1.54, 1.807) is 0 Å². The van der Waals surface area contributed by atoms with Gasteiger partial charge in [-0.15, -0.1) is 0 Å². The Morgan fingerprint density at radius 2 is 1.82 bits per heavy atom. The average Bonchev–Trinajstić information content (AvgIpc) is 2.01. The molecule has 0 aliphatic rings. The third-order valence-electron chi connectivity index (χ3n) is 1.29. The zero-order valence-corrected chi connectivity index (χ0v) is 7.08. The highest BCUT2D eigenvalue weighted by Gasteiger charge is 2.04. The summed E-state index contributed by atoms with van der Waals surface area (Å²) in [4.78, 5) is 0. The van der Waals surface area contributed by atoms with Crippen molar-refractivity contribution in [2.45, 2.75) is 32.5 Å². The predicted molar refractivity (Wildman–Crippen MR) is 45.9 cm³/mol. The van der Waals surface area contributed by atoms with Gasteiger partial charge in [-0.3, -0.25) is 0 Å². The lowest BCUT2D eigenvalue weighted by molar-refractivity contribution is -0.0662. The van der Waals surface area contributed by atoms with Crippen LogP contribution in [-0.4, -0.2) is 6.29 Å². The van der Waals surface area contributed by atoms with Gasteiger partial charge >= 0.3 is 0 Å². The number of rotatable bonds is 7. The fraction of sp³-hybridized carbons (Fsp3) is 0.556. The third-order valence-corrected chi connectivity index (χ3v) is 1.29. The standard InChI is InChI=1S/C9H16O2/c1-4-7-8-9(10-5-2)11-6-3/h5-6,9H,2-4,7-8H2,1H3. The van der Waals surface area contributed by atoms with Crippen molar-refractivity contribution in [3.63, 3.8) is 0 Å². The van der Waals surface area contributed by atoms with Crippen molar-refractivity contribution >= 4 is 0 Å². The maximum absolute atomic E-state index is 5.05. The highest BCUT2D eigenvalue weighted by molar-refractivity contribution is 4.58. The summed E-state index contributed by atoms with van der Waals surface area (Å²) in [6, 6.07) is 0. The van der Waals surface area contributed by atoms with E-state index in [9.17, 15) is 0 Å². The Morgan fingerprint density at radius 1 is 1.27 bits per heavy atom. The molecule has 0 N–H and O–H groups in total. The molecule has 0 saturated heterocycles. The molecule has 0 aromatic heterocycles. The first-order valence-electron chi connectivity index (χ1n) is 3.87. The average molecular weight is 156 g/mol. The van der Waals surface area contributed by atoms with E-state index in [1.807, 2.05) is 0 Å². The summed E-state index contributed by atoms with van der Waals surface area (Å²) in [5, 5.41) is 0. The van der Waals surface area contributed by atoms with Gasteiger partial charge in [-0.25, -0.2) is 0 Å². The number of unbranched alkanes of at least 4 members (excludes halogenated alkanes) is 1. The normalized spacial score (nSPS) is 9.27. The van der Waals surface area contributed by atoms with Gasteiger partial charge in [-0.1, -0.05) is 26.5 Å². The van der Waals surface area contributed by atoms with Crippen molar-refractivity contribution in [1.29, 1.82) is 0 Å². The molecule has 0 bridgehead atoms. The second-order valence-corrected chi connectivity index (χ2v) is 2.18. The lowest BCUT2D eigenvalue weighted by Gasteiger charge is -2.14. The Balaban J connectivity index is 3.49. The molecule has 2 nitrogen and oxygen atoms in total. The molecule has 0 spiro atoms. The Morgan fingerprint density at radius 3 is 2.18 bits per heavy atom. The number of ether oxygens (including phenoxy) is 2. The van der Waals surface area contributed by atoms with E-state index in [4.69, 9.17) is 9.47 Å². The molecule has 2 heteroatoms. The Bertz CT molecular complexity index is 100. The highest BCUT2D eigenvalue weighted by atomic mass is 16.7. The molecule has 64 valence electrons. The van der Waals surface area contributed by atoms with Gasteiger partial charge in [0.05, 0.1) is 12.5 Å². The molecule has 0 radical (unpaired) electrons. The molecule has 0 aliphatic carbocycles. The van der Waals surface area contributed by atoms with E-state index in [1.165, 1.54) is 12.5 Å². The SMILES string of the molecule is C=COC(CCCC)OC=C. The molecule has 0 atom stereocenters. The molecule has 11 heavy (non-hydrogen) atoms. The van der Waals surface area contributed by atoms with Gasteiger partial charge in [0.25, 0.3) is 0 Å². The minimum absolute atomic E-state index is 0.204. The van der Waals surface area contributed by atoms with Crippen molar-refractivity contribution < 1.29 is 9.47 Å². The van der Waals surface area contributed by atoms with Crippen LogP contribution < -0.4 is 0 Å². The molecule has 0 amide bonds. The molecule has 0 aliphatic heterocycles. The van der Waals surface area contributed by atoms with Crippen LogP contribution in [0.4, 0.5) is 0 Å². The van der Waals surface area contributed by atoms with Crippen LogP contribution in [0.25, 0.3) is 0 Å². The largest absolute Gasteiger partial charge is 0.463 e. The van der Waals surface area contributed by atoms with Gasteiger partial charge < -0.3 is 9.47 Å². The molecule has 0 heterocycles. The zero-order valence-electron chi connectivity index (χ0n) is 7.08. The lowest BCUT2D eigenvalue weighted by atomic mass is 10.2. The van der Waals surface area contributed by atoms with Gasteiger partial charge in [0.2, 0.25) is 6.29 Å². The zero-order chi connectivity index (χ0) is 8.53. The topological polar surface area (TPSA) is 18.5 Å². The van der Waals surface area contributed by atoms with Gasteiger partial charge in [-0.2, -0.15) is 0 Å². The van der Waals surface area contributed by atoms with Crippen LogP contribution in [0.1, 0.15) is 26.2 Å². The first-order valence-corrected chi connectivity index (χ1v) is 3.87. The Hall–Kier alpha value is -0.920. The molecule has 0 aromatic rings. The van der Waals surface area contributed by atoms with Crippen molar-refractivity contribution in [2.75, 3.05) is 0 Å². The molecule has 0 fully saturated rings. The lowest BCUT2D eigenvalue weighted by Crippen LogP contribution is -2.10. The van der Waals surface area contributed by atoms with Crippen LogP contribution in [0.15, 0.2) is 25.7 Å². The fourth-order valence-corrected chi connectivity index (χ4v) is 0.754. The van der Waals surface area contributed by atoms with Gasteiger partial charge in [0.15, 0.2) is 0 Å². The van der Waals surface area contributed by atoms with E-state index < -0.39 is 0 Å². The first-order chi connectivity index (χ1) is 5.35. The number of hydrogen-bond acceptors (Lipinski definition) is 2. The van der Waals surface area contributed by atoms with Gasteiger partial charge in [0.1, 0.15) is 0 Å². The molecular weight excluding hydrogens is 140 g/mol. The summed E-state index contributed by atoms with van der Waals surface area (Å²) in [6.07, 6.45) is 5.69. The maximum Gasteiger partial charge on any atom is 0.239 e. The monoisotopic (exact) mass is 156 g/mol. The highest BCUT2D eigenvalue weighted by Crippen LogP contribution is 2.06. The van der Waals surface area contributed by atoms with Gasteiger partial charge in [-0.05, 0) is 6.42 Å². The summed E-state index contributed by atoms with van der Waals surface area (Å²) in [5.74, 6) is 0. The van der Waals surface area contributed by atoms with Crippen molar-refractivity contribution in [3.05, 3.63) is 25.7 Å². The molecule has 0 unspecified atom stereocenters. The van der Waals surface area contributed by atoms with Crippen LogP contribution in [0, 0.1) is 0 Å². The Kier molecular flexibility index (Phi) is 6.59. The summed E-state index contributed by atoms with van der Waals surface area (Å²) in [5.41, 5.74) is 0. The van der Waals surface area contributed by atoms with Crippen LogP contribution in [0.3, 0.4) is 0 Å². The van der Waals surface area contributed by atoms with E-state index in [0.717, 1.165) is 19.3 Å². The predicted octanol–water partition coefficient (Wildman–Crippen LogP) is 2.82. The van der Waals surface area contributed by atoms with E-state index in [2.05, 4.69) is 20.1 Å². The van der Waals surface area contributed by atoms with E-state index in [-0.39, 0.29) is 6.29 Å². The third kappa shape index (κ3) is 5.52. The smallest absolute Gasteiger partial charge is 0.239 e. The van der Waals surface area contributed by atoms with E-state index >= 15 is 0 Å². The van der Waals surface area contributed by atoms with Crippen molar-refractivity contribution in [2.24, 2.45) is 0 Å². The van der Waals surface area contributed by atoms with Crippen LogP contribution in [-0.2, 0) is 9.47 Å². The quantitative estimate of drug-likeness (QED) is 0.417. The minimum atomic E-state index is -0.204.